The normalized spacial score (nSPS) is 18.7. The smallest absolute Gasteiger partial charge is 0.331 e. The molecule has 1 amide bonds. The molecule has 1 aliphatic rings. The second-order valence-corrected chi connectivity index (χ2v) is 4.70. The van der Waals surface area contributed by atoms with Crippen LogP contribution in [0.25, 0.3) is 5.65 Å². The number of ether oxygens (including phenoxy) is 2. The summed E-state index contributed by atoms with van der Waals surface area (Å²) < 4.78 is 11.8. The highest BCUT2D eigenvalue weighted by atomic mass is 16.5. The number of aromatic nitrogens is 2. The molecule has 110 valence electrons. The molecule has 1 saturated heterocycles. The van der Waals surface area contributed by atoms with Crippen molar-refractivity contribution in [3.8, 4) is 0 Å². The first-order chi connectivity index (χ1) is 10.2. The number of fused-ring (bicyclic) bond motifs is 1. The van der Waals surface area contributed by atoms with E-state index in [4.69, 9.17) is 9.47 Å². The van der Waals surface area contributed by atoms with Gasteiger partial charge in [-0.1, -0.05) is 6.07 Å². The van der Waals surface area contributed by atoms with Crippen molar-refractivity contribution < 1.29 is 19.1 Å². The van der Waals surface area contributed by atoms with Crippen LogP contribution in [0.5, 0.6) is 0 Å². The van der Waals surface area contributed by atoms with Gasteiger partial charge in [-0.3, -0.25) is 4.79 Å². The lowest BCUT2D eigenvalue weighted by molar-refractivity contribution is -0.151. The van der Waals surface area contributed by atoms with Gasteiger partial charge in [-0.2, -0.15) is 0 Å². The first-order valence-corrected chi connectivity index (χ1v) is 6.61. The van der Waals surface area contributed by atoms with E-state index < -0.39 is 12.0 Å². The standard InChI is InChI=1S/C14H15N3O4/c1-20-14(19)11-9-21-7-6-17(11)13(18)10-8-16-5-3-2-4-12(16)15-10/h2-5,8,11H,6-7,9H2,1H3. The SMILES string of the molecule is COC(=O)C1COCCN1C(=O)c1cn2ccccc2n1. The zero-order valence-corrected chi connectivity index (χ0v) is 11.6. The molecule has 1 atom stereocenters. The Morgan fingerprint density at radius 1 is 1.43 bits per heavy atom. The van der Waals surface area contributed by atoms with Crippen molar-refractivity contribution in [3.05, 3.63) is 36.3 Å². The maximum absolute atomic E-state index is 12.6. The summed E-state index contributed by atoms with van der Waals surface area (Å²) in [6, 6.07) is 4.80. The van der Waals surface area contributed by atoms with E-state index in [0.717, 1.165) is 0 Å². The van der Waals surface area contributed by atoms with Crippen molar-refractivity contribution in [1.82, 2.24) is 14.3 Å². The number of imidazole rings is 1. The van der Waals surface area contributed by atoms with Gasteiger partial charge in [-0.05, 0) is 12.1 Å². The lowest BCUT2D eigenvalue weighted by atomic mass is 10.2. The molecule has 21 heavy (non-hydrogen) atoms. The molecule has 3 rings (SSSR count). The van der Waals surface area contributed by atoms with Crippen molar-refractivity contribution in [2.75, 3.05) is 26.9 Å². The molecule has 2 aromatic rings. The number of amides is 1. The number of rotatable bonds is 2. The molecular weight excluding hydrogens is 274 g/mol. The van der Waals surface area contributed by atoms with Crippen LogP contribution in [0.15, 0.2) is 30.6 Å². The van der Waals surface area contributed by atoms with Gasteiger partial charge in [0, 0.05) is 18.9 Å². The van der Waals surface area contributed by atoms with Crippen molar-refractivity contribution >= 4 is 17.5 Å². The Balaban J connectivity index is 1.90. The summed E-state index contributed by atoms with van der Waals surface area (Å²) in [5.41, 5.74) is 0.987. The van der Waals surface area contributed by atoms with Crippen LogP contribution in [-0.2, 0) is 14.3 Å². The van der Waals surface area contributed by atoms with Crippen molar-refractivity contribution in [2.24, 2.45) is 0 Å². The quantitative estimate of drug-likeness (QED) is 0.746. The highest BCUT2D eigenvalue weighted by Gasteiger charge is 2.35. The van der Waals surface area contributed by atoms with Crippen LogP contribution in [-0.4, -0.2) is 59.1 Å². The van der Waals surface area contributed by atoms with Crippen LogP contribution in [0.2, 0.25) is 0 Å². The minimum atomic E-state index is -0.721. The number of nitrogens with zero attached hydrogens (tertiary/aromatic N) is 3. The van der Waals surface area contributed by atoms with Gasteiger partial charge < -0.3 is 18.8 Å². The molecule has 1 aliphatic heterocycles. The van der Waals surface area contributed by atoms with E-state index in [9.17, 15) is 9.59 Å². The molecule has 7 nitrogen and oxygen atoms in total. The van der Waals surface area contributed by atoms with Crippen LogP contribution >= 0.6 is 0 Å². The number of methoxy groups -OCH3 is 1. The molecule has 1 fully saturated rings. The third-order valence-corrected chi connectivity index (χ3v) is 3.45. The monoisotopic (exact) mass is 289 g/mol. The molecule has 0 saturated carbocycles. The molecule has 0 N–H and O–H groups in total. The second kappa shape index (κ2) is 5.53. The maximum atomic E-state index is 12.6. The van der Waals surface area contributed by atoms with E-state index in [1.54, 1.807) is 10.6 Å². The van der Waals surface area contributed by atoms with Gasteiger partial charge in [0.05, 0.1) is 20.3 Å². The zero-order valence-electron chi connectivity index (χ0n) is 11.6. The number of morpholine rings is 1. The van der Waals surface area contributed by atoms with Gasteiger partial charge in [0.25, 0.3) is 5.91 Å². The van der Waals surface area contributed by atoms with E-state index in [1.807, 2.05) is 24.4 Å². The van der Waals surface area contributed by atoms with E-state index in [-0.39, 0.29) is 12.5 Å². The fourth-order valence-electron chi connectivity index (χ4n) is 2.36. The predicted molar refractivity (Wildman–Crippen MR) is 72.9 cm³/mol. The van der Waals surface area contributed by atoms with Crippen LogP contribution in [0.4, 0.5) is 0 Å². The van der Waals surface area contributed by atoms with Crippen molar-refractivity contribution in [1.29, 1.82) is 0 Å². The van der Waals surface area contributed by atoms with Gasteiger partial charge >= 0.3 is 5.97 Å². The van der Waals surface area contributed by atoms with Gasteiger partial charge in [-0.15, -0.1) is 0 Å². The van der Waals surface area contributed by atoms with E-state index in [1.165, 1.54) is 12.0 Å². The van der Waals surface area contributed by atoms with E-state index in [0.29, 0.717) is 24.5 Å². The summed E-state index contributed by atoms with van der Waals surface area (Å²) in [6.07, 6.45) is 3.47. The Kier molecular flexibility index (Phi) is 3.57. The Hall–Kier alpha value is -2.41. The molecule has 7 heteroatoms. The summed E-state index contributed by atoms with van der Waals surface area (Å²) >= 11 is 0. The maximum Gasteiger partial charge on any atom is 0.331 e. The lowest BCUT2D eigenvalue weighted by Gasteiger charge is -2.33. The van der Waals surface area contributed by atoms with Gasteiger partial charge in [-0.25, -0.2) is 9.78 Å². The third-order valence-electron chi connectivity index (χ3n) is 3.45. The predicted octanol–water partition coefficient (Wildman–Crippen LogP) is 0.348. The summed E-state index contributed by atoms with van der Waals surface area (Å²) in [4.78, 5) is 30.1. The number of hydrogen-bond donors (Lipinski definition) is 0. The van der Waals surface area contributed by atoms with Gasteiger partial charge in [0.15, 0.2) is 6.04 Å². The highest BCUT2D eigenvalue weighted by molar-refractivity contribution is 5.95. The minimum absolute atomic E-state index is 0.145. The van der Waals surface area contributed by atoms with Crippen molar-refractivity contribution in [3.63, 3.8) is 0 Å². The zero-order chi connectivity index (χ0) is 14.8. The molecule has 0 aliphatic carbocycles. The van der Waals surface area contributed by atoms with Crippen LogP contribution in [0, 0.1) is 0 Å². The molecule has 0 bridgehead atoms. The van der Waals surface area contributed by atoms with E-state index >= 15 is 0 Å². The first-order valence-electron chi connectivity index (χ1n) is 6.61. The first kappa shape index (κ1) is 13.6. The molecule has 0 radical (unpaired) electrons. The number of esters is 1. The topological polar surface area (TPSA) is 73.1 Å². The summed E-state index contributed by atoms with van der Waals surface area (Å²) in [5, 5.41) is 0. The van der Waals surface area contributed by atoms with Crippen LogP contribution in [0.1, 0.15) is 10.5 Å². The summed E-state index contributed by atoms with van der Waals surface area (Å²) in [7, 11) is 1.30. The van der Waals surface area contributed by atoms with Crippen LogP contribution < -0.4 is 0 Å². The lowest BCUT2D eigenvalue weighted by Crippen LogP contribution is -2.53. The molecule has 3 heterocycles. The Bertz CT molecular complexity index is 649. The number of hydrogen-bond acceptors (Lipinski definition) is 5. The third kappa shape index (κ3) is 2.47. The van der Waals surface area contributed by atoms with Gasteiger partial charge in [0.2, 0.25) is 0 Å². The summed E-state index contributed by atoms with van der Waals surface area (Å²) in [5.74, 6) is -0.774. The average molecular weight is 289 g/mol. The minimum Gasteiger partial charge on any atom is -0.467 e. The Labute approximate surface area is 121 Å². The number of pyridine rings is 1. The largest absolute Gasteiger partial charge is 0.467 e. The Morgan fingerprint density at radius 3 is 3.05 bits per heavy atom. The van der Waals surface area contributed by atoms with Crippen molar-refractivity contribution in [2.45, 2.75) is 6.04 Å². The van der Waals surface area contributed by atoms with Crippen LogP contribution in [0.3, 0.4) is 0 Å². The second-order valence-electron chi connectivity index (χ2n) is 4.70. The van der Waals surface area contributed by atoms with Gasteiger partial charge in [0.1, 0.15) is 11.3 Å². The molecule has 0 aromatic carbocycles. The fourth-order valence-corrected chi connectivity index (χ4v) is 2.36. The highest BCUT2D eigenvalue weighted by Crippen LogP contribution is 2.14. The van der Waals surface area contributed by atoms with E-state index in [2.05, 4.69) is 4.98 Å². The number of carbonyl (C=O) groups is 2. The Morgan fingerprint density at radius 2 is 2.29 bits per heavy atom. The molecule has 2 aromatic heterocycles. The molecule has 0 spiro atoms. The number of carbonyl (C=O) groups excluding carboxylic acids is 2. The molecular formula is C14H15N3O4. The molecule has 1 unspecified atom stereocenters. The fraction of sp³-hybridized carbons (Fsp3) is 0.357. The average Bonchev–Trinajstić information content (AvgIpc) is 2.97. The summed E-state index contributed by atoms with van der Waals surface area (Å²) in [6.45, 7) is 0.880.